The molecular formula is C24H42N4O8S4. The standard InChI is InChI=1S/C24H42N4O8S4/c25-27-23(39(33,34)21-15-9-7-10-16-21)37(29,30)19-13-5-3-1-2-4-6-14-20-38(31,32)24(28-26)40(35,36)22-17-11-8-12-18-22/h21-22H,1-20H2. The van der Waals surface area contributed by atoms with Crippen molar-refractivity contribution in [2.24, 2.45) is 0 Å². The van der Waals surface area contributed by atoms with Gasteiger partial charge in [-0.2, -0.15) is 0 Å². The summed E-state index contributed by atoms with van der Waals surface area (Å²) in [5.74, 6) is -0.844. The Balaban J connectivity index is 1.69. The van der Waals surface area contributed by atoms with Gasteiger partial charge in [0.05, 0.1) is 22.0 Å². The van der Waals surface area contributed by atoms with Gasteiger partial charge in [0, 0.05) is 0 Å². The minimum atomic E-state index is -4.24. The molecule has 2 aliphatic carbocycles. The fourth-order valence-corrected chi connectivity index (χ4v) is 14.1. The molecule has 0 spiro atoms. The molecule has 16 heteroatoms. The summed E-state index contributed by atoms with van der Waals surface area (Å²) in [6.45, 7) is 0. The van der Waals surface area contributed by atoms with Gasteiger partial charge in [-0.05, 0) is 38.5 Å². The van der Waals surface area contributed by atoms with Crippen LogP contribution >= 0.6 is 0 Å². The minimum absolute atomic E-state index is 0.221. The second-order valence-corrected chi connectivity index (χ2v) is 19.7. The van der Waals surface area contributed by atoms with Gasteiger partial charge in [-0.3, -0.25) is 0 Å². The van der Waals surface area contributed by atoms with Crippen molar-refractivity contribution < 1.29 is 43.3 Å². The van der Waals surface area contributed by atoms with E-state index in [1.807, 2.05) is 0 Å². The first-order valence-electron chi connectivity index (χ1n) is 14.2. The van der Waals surface area contributed by atoms with Crippen molar-refractivity contribution in [2.45, 2.75) is 126 Å². The molecule has 0 aromatic heterocycles. The van der Waals surface area contributed by atoms with Gasteiger partial charge in [-0.25, -0.2) is 33.7 Å². The average molecular weight is 643 g/mol. The summed E-state index contributed by atoms with van der Waals surface area (Å²) in [5.41, 5.74) is 18.4. The Bertz CT molecular complexity index is 1270. The molecule has 0 amide bonds. The number of hydrogen-bond acceptors (Lipinski definition) is 8. The van der Waals surface area contributed by atoms with E-state index in [-0.39, 0.29) is 12.8 Å². The smallest absolute Gasteiger partial charge is 0.359 e. The maximum Gasteiger partial charge on any atom is 0.495 e. The van der Waals surface area contributed by atoms with E-state index < -0.39 is 70.1 Å². The Kier molecular flexibility index (Phi) is 13.6. The maximum atomic E-state index is 12.7. The largest absolute Gasteiger partial charge is 0.495 e. The van der Waals surface area contributed by atoms with E-state index in [4.69, 9.17) is 0 Å². The number of rotatable bonds is 13. The summed E-state index contributed by atoms with van der Waals surface area (Å²) >= 11 is 0. The first-order valence-corrected chi connectivity index (χ1v) is 20.6. The minimum Gasteiger partial charge on any atom is -0.359 e. The van der Waals surface area contributed by atoms with Crippen LogP contribution in [0.25, 0.3) is 11.1 Å². The Morgan fingerprint density at radius 3 is 1.02 bits per heavy atom. The van der Waals surface area contributed by atoms with Gasteiger partial charge in [0.15, 0.2) is 0 Å². The van der Waals surface area contributed by atoms with Gasteiger partial charge in [-0.15, -0.1) is 9.58 Å². The van der Waals surface area contributed by atoms with Crippen LogP contribution < -0.4 is 0 Å². The molecule has 12 nitrogen and oxygen atoms in total. The predicted octanol–water partition coefficient (Wildman–Crippen LogP) is 3.60. The lowest BCUT2D eigenvalue weighted by Crippen LogP contribution is -2.36. The van der Waals surface area contributed by atoms with E-state index in [9.17, 15) is 44.7 Å². The fraction of sp³-hybridized carbons (Fsp3) is 0.917. The van der Waals surface area contributed by atoms with Crippen LogP contribution in [0.3, 0.4) is 0 Å². The highest BCUT2D eigenvalue weighted by Gasteiger charge is 2.47. The van der Waals surface area contributed by atoms with Gasteiger partial charge < -0.3 is 11.1 Å². The molecule has 0 aliphatic heterocycles. The first-order chi connectivity index (χ1) is 18.8. The molecule has 0 radical (unpaired) electrons. The normalized spacial score (nSPS) is 18.1. The van der Waals surface area contributed by atoms with Crippen LogP contribution in [0.2, 0.25) is 0 Å². The third kappa shape index (κ3) is 9.55. The highest BCUT2D eigenvalue weighted by atomic mass is 32.3. The molecule has 0 unspecified atom stereocenters. The molecule has 0 N–H and O–H groups in total. The van der Waals surface area contributed by atoms with Crippen molar-refractivity contribution in [3.05, 3.63) is 11.1 Å². The van der Waals surface area contributed by atoms with Crippen molar-refractivity contribution in [1.82, 2.24) is 0 Å². The summed E-state index contributed by atoms with van der Waals surface area (Å²) < 4.78 is 98.9. The second-order valence-electron chi connectivity index (χ2n) is 10.8. The SMILES string of the molecule is [N-]=[N+]=C(S(=O)(=O)CCCCCCCCCCS(=O)(=O)C(=[N+]=[N-])S(=O)(=O)C1CCCCC1)S(=O)(=O)C1CCCCC1. The topological polar surface area (TPSA) is 209 Å². The van der Waals surface area contributed by atoms with Gasteiger partial charge in [0.1, 0.15) is 0 Å². The molecule has 0 aromatic carbocycles. The van der Waals surface area contributed by atoms with Crippen LogP contribution in [0.1, 0.15) is 116 Å². The third-order valence-corrected chi connectivity index (χ3v) is 17.4. The van der Waals surface area contributed by atoms with Gasteiger partial charge in [0.25, 0.3) is 39.3 Å². The Labute approximate surface area is 239 Å². The number of unbranched alkanes of at least 4 members (excludes halogenated alkanes) is 7. The van der Waals surface area contributed by atoms with Crippen LogP contribution in [0.4, 0.5) is 0 Å². The van der Waals surface area contributed by atoms with Crippen LogP contribution in [0.5, 0.6) is 0 Å². The van der Waals surface area contributed by atoms with Gasteiger partial charge >= 0.3 is 8.75 Å². The van der Waals surface area contributed by atoms with Gasteiger partial charge in [0.2, 0.25) is 0 Å². The zero-order chi connectivity index (χ0) is 29.9. The molecule has 0 heterocycles. The van der Waals surface area contributed by atoms with E-state index in [1.54, 1.807) is 0 Å². The molecule has 0 bridgehead atoms. The monoisotopic (exact) mass is 642 g/mol. The van der Waals surface area contributed by atoms with Crippen molar-refractivity contribution in [2.75, 3.05) is 11.5 Å². The van der Waals surface area contributed by atoms with E-state index in [0.717, 1.165) is 25.7 Å². The molecule has 0 aromatic rings. The average Bonchev–Trinajstić information content (AvgIpc) is 2.90. The molecular weight excluding hydrogens is 601 g/mol. The summed E-state index contributed by atoms with van der Waals surface area (Å²) in [5, 5.41) is -1.67. The number of sulfone groups is 4. The van der Waals surface area contributed by atoms with Crippen molar-refractivity contribution in [3.63, 3.8) is 0 Å². The van der Waals surface area contributed by atoms with Crippen LogP contribution in [0.15, 0.2) is 0 Å². The van der Waals surface area contributed by atoms with Gasteiger partial charge in [-0.1, -0.05) is 77.0 Å². The Hall–Kier alpha value is -1.44. The Morgan fingerprint density at radius 1 is 0.475 bits per heavy atom. The second kappa shape index (κ2) is 15.7. The van der Waals surface area contributed by atoms with Crippen LogP contribution in [0, 0.1) is 0 Å². The van der Waals surface area contributed by atoms with Crippen LogP contribution in [-0.2, 0) is 39.3 Å². The summed E-state index contributed by atoms with van der Waals surface area (Å²) in [6.07, 6.45) is 10.4. The molecule has 2 saturated carbocycles. The highest BCUT2D eigenvalue weighted by Crippen LogP contribution is 2.27. The van der Waals surface area contributed by atoms with E-state index in [0.29, 0.717) is 77.0 Å². The number of nitrogens with zero attached hydrogens (tertiary/aromatic N) is 4. The van der Waals surface area contributed by atoms with E-state index in [1.165, 1.54) is 0 Å². The van der Waals surface area contributed by atoms with Crippen molar-refractivity contribution in [3.8, 4) is 0 Å². The lowest BCUT2D eigenvalue weighted by Gasteiger charge is -2.19. The Morgan fingerprint density at radius 2 is 0.750 bits per heavy atom. The highest BCUT2D eigenvalue weighted by molar-refractivity contribution is 8.31. The zero-order valence-corrected chi connectivity index (χ0v) is 26.3. The summed E-state index contributed by atoms with van der Waals surface area (Å²) in [7, 11) is -16.9. The third-order valence-electron chi connectivity index (χ3n) is 7.74. The molecule has 2 fully saturated rings. The summed E-state index contributed by atoms with van der Waals surface area (Å²) in [6, 6.07) is 0. The quantitative estimate of drug-likeness (QED) is 0.0950. The number of hydrogen-bond donors (Lipinski definition) is 0. The van der Waals surface area contributed by atoms with Crippen molar-refractivity contribution >= 4 is 48.1 Å². The molecule has 0 saturated heterocycles. The fourth-order valence-electron chi connectivity index (χ4n) is 5.45. The molecule has 0 atom stereocenters. The lowest BCUT2D eigenvalue weighted by molar-refractivity contribution is 0.00339. The van der Waals surface area contributed by atoms with E-state index >= 15 is 0 Å². The lowest BCUT2D eigenvalue weighted by atomic mass is 10.0. The van der Waals surface area contributed by atoms with Crippen LogP contribution in [-0.4, -0.2) is 74.0 Å². The zero-order valence-electron chi connectivity index (χ0n) is 23.0. The maximum absolute atomic E-state index is 12.7. The van der Waals surface area contributed by atoms with E-state index in [2.05, 4.69) is 9.58 Å². The first kappa shape index (κ1) is 34.8. The van der Waals surface area contributed by atoms with Crippen molar-refractivity contribution in [1.29, 1.82) is 0 Å². The summed E-state index contributed by atoms with van der Waals surface area (Å²) in [4.78, 5) is 5.35. The molecule has 230 valence electrons. The molecule has 40 heavy (non-hydrogen) atoms. The predicted molar refractivity (Wildman–Crippen MR) is 153 cm³/mol. The molecule has 2 rings (SSSR count). The molecule has 2 aliphatic rings.